The molecule has 7 heteroatoms. The van der Waals surface area contributed by atoms with Crippen LogP contribution < -0.4 is 0 Å². The van der Waals surface area contributed by atoms with Crippen LogP contribution in [0.15, 0.2) is 53.6 Å². The second-order valence-corrected chi connectivity index (χ2v) is 9.50. The van der Waals surface area contributed by atoms with Crippen LogP contribution in [0.2, 0.25) is 0 Å². The van der Waals surface area contributed by atoms with E-state index in [1.54, 1.807) is 37.4 Å². The van der Waals surface area contributed by atoms with E-state index in [4.69, 9.17) is 5.11 Å². The number of carboxylic acid groups (broad SMARTS) is 1. The third-order valence-electron chi connectivity index (χ3n) is 4.98. The Balaban J connectivity index is 0.000000187. The second kappa shape index (κ2) is 8.28. The number of fused-ring (bicyclic) bond motifs is 3. The SMILES string of the molecule is CCS(=O)(=O)c1cccc(C)c1.Cc1cnc2[nH]c3c(C)c(C(=O)O)ccc3c2c1. The van der Waals surface area contributed by atoms with Gasteiger partial charge in [0.1, 0.15) is 5.65 Å². The first-order valence-corrected chi connectivity index (χ1v) is 11.2. The first kappa shape index (κ1) is 21.5. The molecule has 2 aromatic heterocycles. The van der Waals surface area contributed by atoms with Crippen molar-refractivity contribution in [3.63, 3.8) is 0 Å². The van der Waals surface area contributed by atoms with Gasteiger partial charge in [0.2, 0.25) is 0 Å². The summed E-state index contributed by atoms with van der Waals surface area (Å²) >= 11 is 0. The number of carboxylic acids is 1. The third kappa shape index (κ3) is 4.21. The number of nitrogens with zero attached hydrogens (tertiary/aromatic N) is 1. The number of hydrogen-bond acceptors (Lipinski definition) is 4. The molecule has 0 bridgehead atoms. The summed E-state index contributed by atoms with van der Waals surface area (Å²) in [4.78, 5) is 19.1. The summed E-state index contributed by atoms with van der Waals surface area (Å²) in [7, 11) is -3.02. The van der Waals surface area contributed by atoms with E-state index in [-0.39, 0.29) is 5.75 Å². The lowest BCUT2D eigenvalue weighted by molar-refractivity contribution is 0.0696. The lowest BCUT2D eigenvalue weighted by atomic mass is 10.0. The maximum absolute atomic E-state index is 11.4. The van der Waals surface area contributed by atoms with E-state index in [0.717, 1.165) is 38.6 Å². The predicted octanol–water partition coefficient (Wildman–Crippen LogP) is 4.82. The van der Waals surface area contributed by atoms with Crippen molar-refractivity contribution in [1.29, 1.82) is 0 Å². The zero-order valence-corrected chi connectivity index (χ0v) is 18.2. The fraction of sp³-hybridized carbons (Fsp3) is 0.217. The van der Waals surface area contributed by atoms with Gasteiger partial charge in [-0.3, -0.25) is 0 Å². The second-order valence-electron chi connectivity index (χ2n) is 7.22. The van der Waals surface area contributed by atoms with E-state index < -0.39 is 15.8 Å². The summed E-state index contributed by atoms with van der Waals surface area (Å²) in [5.41, 5.74) is 4.78. The van der Waals surface area contributed by atoms with Gasteiger partial charge < -0.3 is 10.1 Å². The van der Waals surface area contributed by atoms with Crippen LogP contribution in [0.3, 0.4) is 0 Å². The Morgan fingerprint density at radius 1 is 1.03 bits per heavy atom. The number of sulfone groups is 1. The van der Waals surface area contributed by atoms with Gasteiger partial charge >= 0.3 is 5.97 Å². The van der Waals surface area contributed by atoms with Crippen LogP contribution in [0.4, 0.5) is 0 Å². The maximum atomic E-state index is 11.4. The van der Waals surface area contributed by atoms with Crippen molar-refractivity contribution in [3.8, 4) is 0 Å². The highest BCUT2D eigenvalue weighted by Gasteiger charge is 2.14. The van der Waals surface area contributed by atoms with Gasteiger partial charge in [-0.1, -0.05) is 25.1 Å². The number of aromatic amines is 1. The van der Waals surface area contributed by atoms with Gasteiger partial charge in [0.15, 0.2) is 9.84 Å². The lowest BCUT2D eigenvalue weighted by Crippen LogP contribution is -2.03. The molecular formula is C23H24N2O4S. The first-order valence-electron chi connectivity index (χ1n) is 9.54. The molecule has 0 aliphatic carbocycles. The quantitative estimate of drug-likeness (QED) is 0.491. The highest BCUT2D eigenvalue weighted by atomic mass is 32.2. The number of rotatable bonds is 3. The van der Waals surface area contributed by atoms with Gasteiger partial charge in [0, 0.05) is 17.0 Å². The molecule has 4 aromatic rings. The van der Waals surface area contributed by atoms with E-state index in [2.05, 4.69) is 16.0 Å². The molecule has 0 saturated carbocycles. The molecule has 0 atom stereocenters. The Morgan fingerprint density at radius 2 is 1.77 bits per heavy atom. The Hall–Kier alpha value is -3.19. The van der Waals surface area contributed by atoms with Gasteiger partial charge in [-0.25, -0.2) is 18.2 Å². The smallest absolute Gasteiger partial charge is 0.336 e. The van der Waals surface area contributed by atoms with Gasteiger partial charge in [-0.2, -0.15) is 0 Å². The number of H-pyrrole nitrogens is 1. The van der Waals surface area contributed by atoms with Gasteiger partial charge in [0.25, 0.3) is 0 Å². The first-order chi connectivity index (χ1) is 14.1. The largest absolute Gasteiger partial charge is 0.478 e. The normalized spacial score (nSPS) is 11.3. The lowest BCUT2D eigenvalue weighted by Gasteiger charge is -2.01. The van der Waals surface area contributed by atoms with Crippen molar-refractivity contribution in [2.24, 2.45) is 0 Å². The molecule has 156 valence electrons. The minimum atomic E-state index is -3.02. The molecule has 2 heterocycles. The van der Waals surface area contributed by atoms with Crippen molar-refractivity contribution in [1.82, 2.24) is 9.97 Å². The summed E-state index contributed by atoms with van der Waals surface area (Å²) in [5, 5.41) is 11.2. The van der Waals surface area contributed by atoms with E-state index in [1.807, 2.05) is 32.9 Å². The van der Waals surface area contributed by atoms with Gasteiger partial charge in [-0.15, -0.1) is 0 Å². The minimum absolute atomic E-state index is 0.163. The van der Waals surface area contributed by atoms with E-state index in [1.165, 1.54) is 0 Å². The number of nitrogens with one attached hydrogen (secondary N) is 1. The fourth-order valence-corrected chi connectivity index (χ4v) is 4.28. The molecule has 0 aliphatic heterocycles. The molecule has 4 rings (SSSR count). The van der Waals surface area contributed by atoms with Crippen molar-refractivity contribution in [2.45, 2.75) is 32.6 Å². The van der Waals surface area contributed by atoms with E-state index in [0.29, 0.717) is 10.5 Å². The summed E-state index contributed by atoms with van der Waals surface area (Å²) in [6.45, 7) is 7.34. The molecule has 30 heavy (non-hydrogen) atoms. The summed E-state index contributed by atoms with van der Waals surface area (Å²) in [6, 6.07) is 12.5. The van der Waals surface area contributed by atoms with Crippen LogP contribution in [0.5, 0.6) is 0 Å². The molecule has 0 saturated heterocycles. The topological polar surface area (TPSA) is 100 Å². The van der Waals surface area contributed by atoms with E-state index in [9.17, 15) is 13.2 Å². The van der Waals surface area contributed by atoms with E-state index >= 15 is 0 Å². The van der Waals surface area contributed by atoms with Crippen molar-refractivity contribution >= 4 is 37.7 Å². The number of hydrogen-bond donors (Lipinski definition) is 2. The van der Waals surface area contributed by atoms with Crippen LogP contribution in [0.1, 0.15) is 34.0 Å². The van der Waals surface area contributed by atoms with Crippen LogP contribution in [-0.2, 0) is 9.84 Å². The Bertz CT molecular complexity index is 1350. The maximum Gasteiger partial charge on any atom is 0.336 e. The molecule has 0 unspecified atom stereocenters. The average Bonchev–Trinajstić information content (AvgIpc) is 3.07. The Kier molecular flexibility index (Phi) is 5.94. The molecule has 6 nitrogen and oxygen atoms in total. The number of benzene rings is 2. The van der Waals surface area contributed by atoms with Crippen molar-refractivity contribution < 1.29 is 18.3 Å². The standard InChI is InChI=1S/C14H12N2O2.C9H12O2S/c1-7-5-11-10-4-3-9(14(17)18)8(2)12(10)16-13(11)15-6-7;1-3-12(10,11)9-6-4-5-8(2)7-9/h3-6H,1-2H3,(H,15,16)(H,17,18);4-7H,3H2,1-2H3. The molecule has 2 aromatic carbocycles. The Morgan fingerprint density at radius 3 is 2.40 bits per heavy atom. The zero-order valence-electron chi connectivity index (χ0n) is 17.4. The monoisotopic (exact) mass is 424 g/mol. The Labute approximate surface area is 175 Å². The van der Waals surface area contributed by atoms with Crippen LogP contribution in [-0.4, -0.2) is 35.2 Å². The number of carbonyl (C=O) groups is 1. The number of aromatic carboxylic acids is 1. The molecule has 2 N–H and O–H groups in total. The predicted molar refractivity (Wildman–Crippen MR) is 119 cm³/mol. The summed E-state index contributed by atoms with van der Waals surface area (Å²) < 4.78 is 22.7. The van der Waals surface area contributed by atoms with Crippen LogP contribution >= 0.6 is 0 Å². The zero-order chi connectivity index (χ0) is 22.1. The number of pyridine rings is 1. The molecule has 0 aliphatic rings. The van der Waals surface area contributed by atoms with Gasteiger partial charge in [0.05, 0.1) is 21.7 Å². The summed E-state index contributed by atoms with van der Waals surface area (Å²) in [6.07, 6.45) is 1.80. The van der Waals surface area contributed by atoms with Gasteiger partial charge in [-0.05, 0) is 61.7 Å². The van der Waals surface area contributed by atoms with Crippen LogP contribution in [0, 0.1) is 20.8 Å². The summed E-state index contributed by atoms with van der Waals surface area (Å²) in [5.74, 6) is -0.742. The highest BCUT2D eigenvalue weighted by molar-refractivity contribution is 7.91. The number of aromatic nitrogens is 2. The number of aryl methyl sites for hydroxylation is 3. The minimum Gasteiger partial charge on any atom is -0.478 e. The molecule has 0 fully saturated rings. The molecule has 0 radical (unpaired) electrons. The molecular weight excluding hydrogens is 400 g/mol. The van der Waals surface area contributed by atoms with Crippen molar-refractivity contribution in [3.05, 3.63) is 70.9 Å². The third-order valence-corrected chi connectivity index (χ3v) is 6.71. The fourth-order valence-electron chi connectivity index (χ4n) is 3.30. The molecule has 0 amide bonds. The van der Waals surface area contributed by atoms with Crippen molar-refractivity contribution in [2.75, 3.05) is 5.75 Å². The molecule has 0 spiro atoms. The average molecular weight is 425 g/mol. The highest BCUT2D eigenvalue weighted by Crippen LogP contribution is 2.28. The van der Waals surface area contributed by atoms with Crippen LogP contribution in [0.25, 0.3) is 21.9 Å².